The van der Waals surface area contributed by atoms with Crippen molar-refractivity contribution in [1.82, 2.24) is 4.90 Å². The van der Waals surface area contributed by atoms with E-state index in [1.54, 1.807) is 18.1 Å². The van der Waals surface area contributed by atoms with Crippen LogP contribution in [0.3, 0.4) is 0 Å². The summed E-state index contributed by atoms with van der Waals surface area (Å²) in [6.07, 6.45) is 10.4. The van der Waals surface area contributed by atoms with E-state index < -0.39 is 6.10 Å². The maximum Gasteiger partial charge on any atom is 0.219 e. The first kappa shape index (κ1) is 25.5. The Bertz CT molecular complexity index is 909. The molecule has 35 heavy (non-hydrogen) atoms. The highest BCUT2D eigenvalue weighted by atomic mass is 16.3. The van der Waals surface area contributed by atoms with Gasteiger partial charge >= 0.3 is 0 Å². The van der Waals surface area contributed by atoms with Crippen molar-refractivity contribution in [3.05, 3.63) is 11.1 Å². The molecule has 2 unspecified atom stereocenters. The molecular formula is C31H49NO3. The predicted molar refractivity (Wildman–Crippen MR) is 140 cm³/mol. The summed E-state index contributed by atoms with van der Waals surface area (Å²) in [7, 11) is 0. The molecule has 0 aromatic rings. The van der Waals surface area contributed by atoms with Crippen LogP contribution in [0, 0.1) is 46.3 Å². The average Bonchev–Trinajstić information content (AvgIpc) is 3.11. The zero-order valence-electron chi connectivity index (χ0n) is 23.1. The highest BCUT2D eigenvalue weighted by Gasteiger charge is 2.57. The molecule has 4 heteroatoms. The highest BCUT2D eigenvalue weighted by Crippen LogP contribution is 2.65. The normalized spacial score (nSPS) is 47.0. The molecule has 1 aliphatic heterocycles. The van der Waals surface area contributed by atoms with Gasteiger partial charge in [0.2, 0.25) is 5.91 Å². The first-order valence-corrected chi connectivity index (χ1v) is 14.6. The molecule has 196 valence electrons. The second kappa shape index (κ2) is 8.99. The van der Waals surface area contributed by atoms with Gasteiger partial charge in [-0.15, -0.1) is 0 Å². The molecule has 1 heterocycles. The lowest BCUT2D eigenvalue weighted by atomic mass is 9.52. The molecule has 0 aromatic heterocycles. The number of aliphatic hydroxyl groups excluding tert-OH is 1. The standard InChI is InChI=1S/C31H49NO3/c1-18-13-28(35)29(32(17-18)21(4)33)20(3)30(5)11-10-24-25-8-7-22-14-23(34)9-12-31(22,6)27(25)15-26(24)19(2)16-30/h18,20,22,24-25,27-29,35H,7-17H2,1-6H3/t18-,20+,22+,24-,25-,27-,28?,29-,30?,31-/m0/s1. The van der Waals surface area contributed by atoms with Crippen LogP contribution in [0.1, 0.15) is 106 Å². The lowest BCUT2D eigenvalue weighted by molar-refractivity contribution is -0.144. The Morgan fingerprint density at radius 3 is 2.60 bits per heavy atom. The SMILES string of the molecule is CC(=O)N1C[C@@H](C)CC(O)[C@@H]1[C@@H](C)C1(C)CC[C@@H]2C(=C(C)C1)C[C@H]1[C@H]2CC[C@@H]2CC(=O)CC[C@@]21C. The molecule has 10 atom stereocenters. The van der Waals surface area contributed by atoms with Crippen LogP contribution in [0.4, 0.5) is 0 Å². The quantitative estimate of drug-likeness (QED) is 0.478. The number of nitrogens with zero attached hydrogens (tertiary/aromatic N) is 1. The van der Waals surface area contributed by atoms with Gasteiger partial charge in [-0.1, -0.05) is 38.8 Å². The van der Waals surface area contributed by atoms with Gasteiger partial charge in [0.15, 0.2) is 0 Å². The summed E-state index contributed by atoms with van der Waals surface area (Å²) in [4.78, 5) is 26.8. The van der Waals surface area contributed by atoms with E-state index in [0.29, 0.717) is 29.0 Å². The van der Waals surface area contributed by atoms with Crippen molar-refractivity contribution in [2.24, 2.45) is 46.3 Å². The zero-order chi connectivity index (χ0) is 25.3. The molecule has 0 radical (unpaired) electrons. The lowest BCUT2D eigenvalue weighted by Crippen LogP contribution is -2.58. The van der Waals surface area contributed by atoms with E-state index in [9.17, 15) is 14.7 Å². The number of Topliss-reactive ketones (excluding diaryl/α,β-unsaturated/α-hetero) is 1. The number of likely N-dealkylation sites (tertiary alicyclic amines) is 1. The third-order valence-electron chi connectivity index (χ3n) is 12.1. The molecule has 5 rings (SSSR count). The van der Waals surface area contributed by atoms with Gasteiger partial charge < -0.3 is 10.0 Å². The topological polar surface area (TPSA) is 57.6 Å². The van der Waals surface area contributed by atoms with Crippen LogP contribution in [-0.2, 0) is 9.59 Å². The number of piperidine rings is 1. The fourth-order valence-electron chi connectivity index (χ4n) is 9.95. The second-order valence-electron chi connectivity index (χ2n) is 14.1. The highest BCUT2D eigenvalue weighted by molar-refractivity contribution is 5.79. The van der Waals surface area contributed by atoms with E-state index in [-0.39, 0.29) is 23.3 Å². The van der Waals surface area contributed by atoms with Crippen molar-refractivity contribution >= 4 is 11.7 Å². The molecule has 4 aliphatic carbocycles. The summed E-state index contributed by atoms with van der Waals surface area (Å²) in [5.74, 6) is 4.05. The van der Waals surface area contributed by atoms with Crippen molar-refractivity contribution < 1.29 is 14.7 Å². The third-order valence-corrected chi connectivity index (χ3v) is 12.1. The maximum atomic E-state index is 12.6. The van der Waals surface area contributed by atoms with Gasteiger partial charge in [0.25, 0.3) is 0 Å². The van der Waals surface area contributed by atoms with Gasteiger partial charge in [-0.3, -0.25) is 9.59 Å². The number of rotatable bonds is 2. The first-order valence-electron chi connectivity index (χ1n) is 14.6. The van der Waals surface area contributed by atoms with Crippen LogP contribution >= 0.6 is 0 Å². The molecule has 0 bridgehead atoms. The van der Waals surface area contributed by atoms with Gasteiger partial charge in [-0.25, -0.2) is 0 Å². The minimum Gasteiger partial charge on any atom is -0.391 e. The number of hydrogen-bond donors (Lipinski definition) is 1. The number of allylic oxidation sites excluding steroid dienone is 2. The number of fused-ring (bicyclic) bond motifs is 5. The number of ketones is 1. The number of hydrogen-bond acceptors (Lipinski definition) is 3. The van der Waals surface area contributed by atoms with E-state index in [1.165, 1.54) is 32.1 Å². The van der Waals surface area contributed by atoms with Gasteiger partial charge in [0, 0.05) is 26.3 Å². The van der Waals surface area contributed by atoms with Crippen molar-refractivity contribution in [1.29, 1.82) is 0 Å². The maximum absolute atomic E-state index is 12.6. The van der Waals surface area contributed by atoms with Gasteiger partial charge in [0.05, 0.1) is 12.1 Å². The molecule has 1 N–H and O–H groups in total. The van der Waals surface area contributed by atoms with Crippen LogP contribution in [0.15, 0.2) is 11.1 Å². The Morgan fingerprint density at radius 2 is 1.89 bits per heavy atom. The molecule has 0 spiro atoms. The van der Waals surface area contributed by atoms with Gasteiger partial charge in [-0.2, -0.15) is 0 Å². The van der Waals surface area contributed by atoms with Crippen LogP contribution in [-0.4, -0.2) is 40.4 Å². The summed E-state index contributed by atoms with van der Waals surface area (Å²) in [6.45, 7) is 14.3. The number of carbonyl (C=O) groups excluding carboxylic acids is 2. The Balaban J connectivity index is 1.40. The van der Waals surface area contributed by atoms with Crippen molar-refractivity contribution in [3.8, 4) is 0 Å². The van der Waals surface area contributed by atoms with Crippen molar-refractivity contribution in [2.75, 3.05) is 6.54 Å². The van der Waals surface area contributed by atoms with Crippen LogP contribution < -0.4 is 0 Å². The monoisotopic (exact) mass is 483 g/mol. The van der Waals surface area contributed by atoms with E-state index >= 15 is 0 Å². The summed E-state index contributed by atoms with van der Waals surface area (Å²) in [5, 5.41) is 11.2. The second-order valence-corrected chi connectivity index (χ2v) is 14.1. The number of carbonyl (C=O) groups is 2. The Labute approximate surface area is 213 Å². The summed E-state index contributed by atoms with van der Waals surface area (Å²) in [5.41, 5.74) is 3.78. The van der Waals surface area contributed by atoms with E-state index in [0.717, 1.165) is 50.5 Å². The molecule has 0 aromatic carbocycles. The molecule has 4 nitrogen and oxygen atoms in total. The molecule has 5 aliphatic rings. The van der Waals surface area contributed by atoms with Crippen molar-refractivity contribution in [2.45, 2.75) is 118 Å². The van der Waals surface area contributed by atoms with Crippen LogP contribution in [0.2, 0.25) is 0 Å². The smallest absolute Gasteiger partial charge is 0.219 e. The molecule has 3 saturated carbocycles. The van der Waals surface area contributed by atoms with Gasteiger partial charge in [0.1, 0.15) is 5.78 Å². The Hall–Kier alpha value is -1.16. The fourth-order valence-corrected chi connectivity index (χ4v) is 9.95. The zero-order valence-corrected chi connectivity index (χ0v) is 23.1. The van der Waals surface area contributed by atoms with Gasteiger partial charge in [-0.05, 0) is 105 Å². The molecular weight excluding hydrogens is 434 g/mol. The number of amides is 1. The Morgan fingerprint density at radius 1 is 1.14 bits per heavy atom. The van der Waals surface area contributed by atoms with Crippen molar-refractivity contribution in [3.63, 3.8) is 0 Å². The van der Waals surface area contributed by atoms with Crippen LogP contribution in [0.5, 0.6) is 0 Å². The Kier molecular flexibility index (Phi) is 6.55. The lowest BCUT2D eigenvalue weighted by Gasteiger charge is -2.52. The number of aliphatic hydroxyl groups is 1. The van der Waals surface area contributed by atoms with E-state index in [4.69, 9.17) is 0 Å². The predicted octanol–water partition coefficient (Wildman–Crippen LogP) is 6.17. The average molecular weight is 484 g/mol. The minimum absolute atomic E-state index is 0.0775. The van der Waals surface area contributed by atoms with E-state index in [1.807, 2.05) is 4.90 Å². The summed E-state index contributed by atoms with van der Waals surface area (Å²) in [6, 6.07) is -0.0775. The van der Waals surface area contributed by atoms with Crippen LogP contribution in [0.25, 0.3) is 0 Å². The first-order chi connectivity index (χ1) is 16.4. The summed E-state index contributed by atoms with van der Waals surface area (Å²) >= 11 is 0. The van der Waals surface area contributed by atoms with E-state index in [2.05, 4.69) is 34.6 Å². The summed E-state index contributed by atoms with van der Waals surface area (Å²) < 4.78 is 0. The largest absolute Gasteiger partial charge is 0.391 e. The third kappa shape index (κ3) is 4.14. The molecule has 4 fully saturated rings. The minimum atomic E-state index is -0.432. The molecule has 1 amide bonds. The fraction of sp³-hybridized carbons (Fsp3) is 0.871. The molecule has 1 saturated heterocycles.